The van der Waals surface area contributed by atoms with Crippen molar-refractivity contribution in [3.8, 4) is 0 Å². The number of esters is 1. The summed E-state index contributed by atoms with van der Waals surface area (Å²) in [6, 6.07) is 0. The summed E-state index contributed by atoms with van der Waals surface area (Å²) >= 11 is 0. The lowest BCUT2D eigenvalue weighted by Crippen LogP contribution is -2.23. The van der Waals surface area contributed by atoms with Crippen LogP contribution in [0.4, 0.5) is 0 Å². The van der Waals surface area contributed by atoms with E-state index in [2.05, 4.69) is 6.92 Å². The van der Waals surface area contributed by atoms with Crippen LogP contribution in [-0.2, 0) is 14.3 Å². The van der Waals surface area contributed by atoms with Crippen molar-refractivity contribution in [1.29, 1.82) is 0 Å². The fraction of sp³-hybridized carbons (Fsp3) is 0.727. The second-order valence-corrected chi connectivity index (χ2v) is 3.58. The molecule has 0 aliphatic heterocycles. The van der Waals surface area contributed by atoms with Crippen molar-refractivity contribution < 1.29 is 14.3 Å². The number of hydrogen-bond donors (Lipinski definition) is 0. The van der Waals surface area contributed by atoms with E-state index in [9.17, 15) is 4.79 Å². The first-order valence-electron chi connectivity index (χ1n) is 4.99. The van der Waals surface area contributed by atoms with E-state index in [1.165, 1.54) is 6.08 Å². The Labute approximate surface area is 86.1 Å². The Hall–Kier alpha value is -0.830. The van der Waals surface area contributed by atoms with Gasteiger partial charge in [-0.15, -0.1) is 0 Å². The molecular formula is C11H20O3. The standard InChI is InChI=1S/C11H20O3/c1-5-11(3,4)14-9-7-8-10(12)13-6-2/h7-8H,5-6,9H2,1-4H3/b8-7+. The van der Waals surface area contributed by atoms with Gasteiger partial charge in [-0.2, -0.15) is 0 Å². The molecule has 0 aromatic carbocycles. The molecule has 0 radical (unpaired) electrons. The van der Waals surface area contributed by atoms with E-state index in [1.54, 1.807) is 13.0 Å². The summed E-state index contributed by atoms with van der Waals surface area (Å²) in [5.41, 5.74) is -0.126. The molecule has 0 rings (SSSR count). The van der Waals surface area contributed by atoms with Crippen LogP contribution >= 0.6 is 0 Å². The zero-order chi connectivity index (χ0) is 11.0. The lowest BCUT2D eigenvalue weighted by atomic mass is 10.1. The average Bonchev–Trinajstić information content (AvgIpc) is 2.13. The SMILES string of the molecule is CCOC(=O)/C=C/COC(C)(C)CC. The van der Waals surface area contributed by atoms with Crippen LogP contribution in [0.1, 0.15) is 34.1 Å². The molecule has 0 bridgehead atoms. The quantitative estimate of drug-likeness (QED) is 0.487. The summed E-state index contributed by atoms with van der Waals surface area (Å²) in [6.45, 7) is 8.73. The third-order valence-electron chi connectivity index (χ3n) is 1.96. The molecule has 0 spiro atoms. The Morgan fingerprint density at radius 3 is 2.50 bits per heavy atom. The molecule has 14 heavy (non-hydrogen) atoms. The second kappa shape index (κ2) is 6.60. The number of ether oxygens (including phenoxy) is 2. The van der Waals surface area contributed by atoms with Crippen LogP contribution in [0.5, 0.6) is 0 Å². The van der Waals surface area contributed by atoms with Crippen molar-refractivity contribution in [2.24, 2.45) is 0 Å². The molecule has 0 aromatic heterocycles. The van der Waals surface area contributed by atoms with Gasteiger partial charge < -0.3 is 9.47 Å². The Morgan fingerprint density at radius 2 is 2.00 bits per heavy atom. The minimum atomic E-state index is -0.314. The lowest BCUT2D eigenvalue weighted by molar-refractivity contribution is -0.137. The molecule has 0 atom stereocenters. The van der Waals surface area contributed by atoms with Gasteiger partial charge in [-0.3, -0.25) is 0 Å². The zero-order valence-electron chi connectivity index (χ0n) is 9.50. The van der Waals surface area contributed by atoms with Gasteiger partial charge in [0, 0.05) is 6.08 Å². The van der Waals surface area contributed by atoms with Crippen LogP contribution in [0, 0.1) is 0 Å². The van der Waals surface area contributed by atoms with Gasteiger partial charge >= 0.3 is 5.97 Å². The van der Waals surface area contributed by atoms with E-state index in [0.29, 0.717) is 13.2 Å². The smallest absolute Gasteiger partial charge is 0.330 e. The lowest BCUT2D eigenvalue weighted by Gasteiger charge is -2.22. The fourth-order valence-corrected chi connectivity index (χ4v) is 0.710. The second-order valence-electron chi connectivity index (χ2n) is 3.58. The maximum absolute atomic E-state index is 10.9. The predicted molar refractivity (Wildman–Crippen MR) is 56.1 cm³/mol. The van der Waals surface area contributed by atoms with Crippen LogP contribution in [0.15, 0.2) is 12.2 Å². The van der Waals surface area contributed by atoms with Crippen molar-refractivity contribution >= 4 is 5.97 Å². The molecule has 0 amide bonds. The Bertz CT molecular complexity index is 195. The first-order valence-corrected chi connectivity index (χ1v) is 4.99. The largest absolute Gasteiger partial charge is 0.463 e. The first kappa shape index (κ1) is 13.2. The number of carbonyl (C=O) groups is 1. The number of rotatable bonds is 6. The summed E-state index contributed by atoms with van der Waals surface area (Å²) < 4.78 is 10.2. The maximum Gasteiger partial charge on any atom is 0.330 e. The van der Waals surface area contributed by atoms with Gasteiger partial charge in [0.1, 0.15) is 0 Å². The Balaban J connectivity index is 3.68. The topological polar surface area (TPSA) is 35.5 Å². The highest BCUT2D eigenvalue weighted by Crippen LogP contribution is 2.12. The van der Waals surface area contributed by atoms with Gasteiger partial charge in [0.25, 0.3) is 0 Å². The molecule has 0 N–H and O–H groups in total. The van der Waals surface area contributed by atoms with Gasteiger partial charge in [0.2, 0.25) is 0 Å². The van der Waals surface area contributed by atoms with Gasteiger partial charge in [0.15, 0.2) is 0 Å². The van der Waals surface area contributed by atoms with E-state index < -0.39 is 0 Å². The molecular weight excluding hydrogens is 180 g/mol. The highest BCUT2D eigenvalue weighted by molar-refractivity contribution is 5.81. The van der Waals surface area contributed by atoms with Crippen LogP contribution < -0.4 is 0 Å². The molecule has 3 nitrogen and oxygen atoms in total. The fourth-order valence-electron chi connectivity index (χ4n) is 0.710. The molecule has 3 heteroatoms. The maximum atomic E-state index is 10.9. The van der Waals surface area contributed by atoms with Crippen molar-refractivity contribution in [3.63, 3.8) is 0 Å². The third-order valence-corrected chi connectivity index (χ3v) is 1.96. The molecule has 0 aliphatic rings. The summed E-state index contributed by atoms with van der Waals surface area (Å²) in [6.07, 6.45) is 4.02. The highest BCUT2D eigenvalue weighted by Gasteiger charge is 2.13. The van der Waals surface area contributed by atoms with E-state index in [4.69, 9.17) is 9.47 Å². The molecule has 0 saturated carbocycles. The predicted octanol–water partition coefficient (Wildman–Crippen LogP) is 2.31. The van der Waals surface area contributed by atoms with Crippen LogP contribution in [0.3, 0.4) is 0 Å². The third kappa shape index (κ3) is 6.66. The van der Waals surface area contributed by atoms with E-state index in [0.717, 1.165) is 6.42 Å². The zero-order valence-corrected chi connectivity index (χ0v) is 9.50. The van der Waals surface area contributed by atoms with Gasteiger partial charge in [-0.05, 0) is 27.2 Å². The van der Waals surface area contributed by atoms with Crippen LogP contribution in [0.2, 0.25) is 0 Å². The van der Waals surface area contributed by atoms with E-state index >= 15 is 0 Å². The van der Waals surface area contributed by atoms with Crippen molar-refractivity contribution in [3.05, 3.63) is 12.2 Å². The normalized spacial score (nSPS) is 12.0. The highest BCUT2D eigenvalue weighted by atomic mass is 16.5. The van der Waals surface area contributed by atoms with Gasteiger partial charge in [-0.25, -0.2) is 4.79 Å². The molecule has 0 saturated heterocycles. The summed E-state index contributed by atoms with van der Waals surface area (Å²) in [7, 11) is 0. The number of carbonyl (C=O) groups excluding carboxylic acids is 1. The molecule has 0 aromatic rings. The van der Waals surface area contributed by atoms with Crippen molar-refractivity contribution in [2.75, 3.05) is 13.2 Å². The molecule has 0 fully saturated rings. The first-order chi connectivity index (χ1) is 6.52. The number of hydrogen-bond acceptors (Lipinski definition) is 3. The van der Waals surface area contributed by atoms with E-state index in [1.807, 2.05) is 13.8 Å². The summed E-state index contributed by atoms with van der Waals surface area (Å²) in [5, 5.41) is 0. The molecule has 82 valence electrons. The van der Waals surface area contributed by atoms with Gasteiger partial charge in [-0.1, -0.05) is 13.0 Å². The summed E-state index contributed by atoms with van der Waals surface area (Å²) in [4.78, 5) is 10.9. The Morgan fingerprint density at radius 1 is 1.36 bits per heavy atom. The van der Waals surface area contributed by atoms with Gasteiger partial charge in [0.05, 0.1) is 18.8 Å². The summed E-state index contributed by atoms with van der Waals surface area (Å²) in [5.74, 6) is -0.314. The molecule has 0 unspecified atom stereocenters. The van der Waals surface area contributed by atoms with E-state index in [-0.39, 0.29) is 11.6 Å². The minimum absolute atomic E-state index is 0.126. The molecule has 0 heterocycles. The van der Waals surface area contributed by atoms with Crippen molar-refractivity contribution in [1.82, 2.24) is 0 Å². The van der Waals surface area contributed by atoms with Crippen LogP contribution in [-0.4, -0.2) is 24.8 Å². The minimum Gasteiger partial charge on any atom is -0.463 e. The van der Waals surface area contributed by atoms with Crippen molar-refractivity contribution in [2.45, 2.75) is 39.7 Å². The molecule has 0 aliphatic carbocycles. The monoisotopic (exact) mass is 200 g/mol. The average molecular weight is 200 g/mol. The Kier molecular flexibility index (Phi) is 6.21. The van der Waals surface area contributed by atoms with Crippen LogP contribution in [0.25, 0.3) is 0 Å².